The molecule has 1 aliphatic heterocycles. The number of amides is 1. The number of piperidine rings is 1. The number of Topliss-reactive ketones (excluding diaryl/α,β-unsaturated/α-hetero) is 1. The van der Waals surface area contributed by atoms with Crippen LogP contribution in [0.15, 0.2) is 18.2 Å². The Morgan fingerprint density at radius 1 is 1.36 bits per heavy atom. The van der Waals surface area contributed by atoms with E-state index in [0.29, 0.717) is 5.92 Å². The molecule has 1 amide bonds. The van der Waals surface area contributed by atoms with E-state index in [4.69, 9.17) is 4.74 Å². The Bertz CT molecular complexity index is 596. The second-order valence-corrected chi connectivity index (χ2v) is 6.18. The third kappa shape index (κ3) is 5.97. The number of hydrogen-bond donors (Lipinski definition) is 1. The number of methoxy groups -OCH3 is 1. The molecule has 1 saturated heterocycles. The molecule has 1 aromatic carbocycles. The lowest BCUT2D eigenvalue weighted by Crippen LogP contribution is -2.42. The van der Waals surface area contributed by atoms with E-state index in [1.54, 1.807) is 0 Å². The van der Waals surface area contributed by atoms with Crippen molar-refractivity contribution in [3.05, 3.63) is 29.6 Å². The third-order valence-corrected chi connectivity index (χ3v) is 4.40. The minimum atomic E-state index is -0.569. The zero-order valence-electron chi connectivity index (χ0n) is 14.7. The quantitative estimate of drug-likeness (QED) is 0.747. The van der Waals surface area contributed by atoms with Gasteiger partial charge >= 0.3 is 0 Å². The summed E-state index contributed by atoms with van der Waals surface area (Å²) in [5.41, 5.74) is 0.271. The van der Waals surface area contributed by atoms with Crippen molar-refractivity contribution in [1.82, 2.24) is 10.2 Å². The number of ether oxygens (including phenoxy) is 1. The first-order valence-corrected chi connectivity index (χ1v) is 8.34. The minimum absolute atomic E-state index is 0. The molecule has 1 heterocycles. The van der Waals surface area contributed by atoms with Gasteiger partial charge in [0, 0.05) is 31.5 Å². The number of halogens is 2. The normalized spacial score (nSPS) is 16.9. The number of benzene rings is 1. The predicted molar refractivity (Wildman–Crippen MR) is 97.0 cm³/mol. The van der Waals surface area contributed by atoms with Crippen LogP contribution >= 0.6 is 12.4 Å². The number of nitrogens with zero attached hydrogens (tertiary/aromatic N) is 1. The van der Waals surface area contributed by atoms with Gasteiger partial charge in [0.25, 0.3) is 0 Å². The van der Waals surface area contributed by atoms with Crippen molar-refractivity contribution < 1.29 is 18.7 Å². The van der Waals surface area contributed by atoms with Gasteiger partial charge in [-0.25, -0.2) is 4.39 Å². The van der Waals surface area contributed by atoms with Crippen molar-refractivity contribution in [3.8, 4) is 5.75 Å². The van der Waals surface area contributed by atoms with E-state index < -0.39 is 5.82 Å². The maximum Gasteiger partial charge on any atom is 0.223 e. The minimum Gasteiger partial charge on any atom is -0.494 e. The third-order valence-electron chi connectivity index (χ3n) is 4.40. The molecule has 1 N–H and O–H groups in total. The monoisotopic (exact) mass is 372 g/mol. The smallest absolute Gasteiger partial charge is 0.223 e. The van der Waals surface area contributed by atoms with E-state index in [-0.39, 0.29) is 48.3 Å². The van der Waals surface area contributed by atoms with Crippen LogP contribution in [0.4, 0.5) is 4.39 Å². The fourth-order valence-corrected chi connectivity index (χ4v) is 3.11. The van der Waals surface area contributed by atoms with E-state index in [1.807, 2.05) is 11.9 Å². The van der Waals surface area contributed by atoms with Gasteiger partial charge < -0.3 is 15.0 Å². The fraction of sp³-hybridized carbons (Fsp3) is 0.556. The van der Waals surface area contributed by atoms with Crippen molar-refractivity contribution in [2.45, 2.75) is 25.7 Å². The summed E-state index contributed by atoms with van der Waals surface area (Å²) in [4.78, 5) is 26.3. The Hall–Kier alpha value is -1.66. The van der Waals surface area contributed by atoms with E-state index in [0.717, 1.165) is 38.5 Å². The Balaban J connectivity index is 0.00000312. The Morgan fingerprint density at radius 3 is 2.76 bits per heavy atom. The second kappa shape index (κ2) is 10.4. The van der Waals surface area contributed by atoms with Gasteiger partial charge in [0.2, 0.25) is 5.91 Å². The summed E-state index contributed by atoms with van der Waals surface area (Å²) < 4.78 is 18.5. The number of likely N-dealkylation sites (tertiary alicyclic amines) is 1. The fourth-order valence-electron chi connectivity index (χ4n) is 3.11. The first-order chi connectivity index (χ1) is 11.5. The summed E-state index contributed by atoms with van der Waals surface area (Å²) >= 11 is 0. The molecular formula is C18H26ClFN2O3. The van der Waals surface area contributed by atoms with Crippen LogP contribution in [0, 0.1) is 11.7 Å². The van der Waals surface area contributed by atoms with E-state index in [2.05, 4.69) is 5.32 Å². The van der Waals surface area contributed by atoms with Gasteiger partial charge in [-0.3, -0.25) is 9.59 Å². The molecule has 0 aromatic heterocycles. The van der Waals surface area contributed by atoms with E-state index in [9.17, 15) is 14.0 Å². The molecule has 1 aromatic rings. The van der Waals surface area contributed by atoms with Crippen molar-refractivity contribution in [2.75, 3.05) is 33.8 Å². The summed E-state index contributed by atoms with van der Waals surface area (Å²) in [6, 6.07) is 4.12. The van der Waals surface area contributed by atoms with E-state index >= 15 is 0 Å². The largest absolute Gasteiger partial charge is 0.494 e. The molecule has 2 rings (SSSR count). The highest BCUT2D eigenvalue weighted by Gasteiger charge is 2.23. The van der Waals surface area contributed by atoms with E-state index in [1.165, 1.54) is 19.2 Å². The van der Waals surface area contributed by atoms with Crippen LogP contribution in [0.25, 0.3) is 0 Å². The average molecular weight is 373 g/mol. The zero-order valence-corrected chi connectivity index (χ0v) is 15.5. The zero-order chi connectivity index (χ0) is 17.5. The number of nitrogens with one attached hydrogen (secondary N) is 1. The van der Waals surface area contributed by atoms with Gasteiger partial charge in [-0.1, -0.05) is 0 Å². The molecule has 5 nitrogen and oxygen atoms in total. The topological polar surface area (TPSA) is 58.6 Å². The maximum atomic E-state index is 13.7. The molecule has 1 aliphatic rings. The van der Waals surface area contributed by atoms with Gasteiger partial charge in [0.05, 0.1) is 7.11 Å². The summed E-state index contributed by atoms with van der Waals surface area (Å²) in [5.74, 6) is -0.224. The first-order valence-electron chi connectivity index (χ1n) is 8.34. The van der Waals surface area contributed by atoms with Crippen molar-refractivity contribution in [1.29, 1.82) is 0 Å². The maximum absolute atomic E-state index is 13.7. The summed E-state index contributed by atoms with van der Waals surface area (Å²) in [5, 5.41) is 3.15. The molecule has 140 valence electrons. The highest BCUT2D eigenvalue weighted by atomic mass is 35.5. The summed E-state index contributed by atoms with van der Waals surface area (Å²) in [6.45, 7) is 2.39. The molecule has 0 radical (unpaired) electrons. The van der Waals surface area contributed by atoms with Gasteiger partial charge in [0.1, 0.15) is 0 Å². The lowest BCUT2D eigenvalue weighted by molar-refractivity contribution is -0.132. The lowest BCUT2D eigenvalue weighted by Gasteiger charge is -2.32. The molecule has 0 spiro atoms. The predicted octanol–water partition coefficient (Wildman–Crippen LogP) is 2.68. The van der Waals surface area contributed by atoms with Gasteiger partial charge in [-0.15, -0.1) is 12.4 Å². The highest BCUT2D eigenvalue weighted by molar-refractivity contribution is 5.98. The van der Waals surface area contributed by atoms with Gasteiger partial charge in [-0.2, -0.15) is 0 Å². The highest BCUT2D eigenvalue weighted by Crippen LogP contribution is 2.20. The van der Waals surface area contributed by atoms with Crippen molar-refractivity contribution in [2.24, 2.45) is 5.92 Å². The number of ketones is 1. The van der Waals surface area contributed by atoms with Crippen LogP contribution in [0.5, 0.6) is 5.75 Å². The Morgan fingerprint density at radius 2 is 2.12 bits per heavy atom. The lowest BCUT2D eigenvalue weighted by atomic mass is 9.97. The van der Waals surface area contributed by atoms with Crippen molar-refractivity contribution in [3.63, 3.8) is 0 Å². The number of rotatable bonds is 7. The van der Waals surface area contributed by atoms with Crippen LogP contribution < -0.4 is 10.1 Å². The second-order valence-electron chi connectivity index (χ2n) is 6.18. The SMILES string of the molecule is CNCC1CCCN(C(=O)CCC(=O)c2ccc(OC)c(F)c2)C1.Cl. The van der Waals surface area contributed by atoms with Crippen LogP contribution in [0.3, 0.4) is 0 Å². The summed E-state index contributed by atoms with van der Waals surface area (Å²) in [7, 11) is 3.28. The first kappa shape index (κ1) is 21.4. The molecule has 25 heavy (non-hydrogen) atoms. The van der Waals surface area contributed by atoms with Gasteiger partial charge in [0.15, 0.2) is 17.3 Å². The molecule has 7 heteroatoms. The standard InChI is InChI=1S/C18H25FN2O3.ClH/c1-20-11-13-4-3-9-21(12-13)18(23)8-6-16(22)14-5-7-17(24-2)15(19)10-14;/h5,7,10,13,20H,3-4,6,8-9,11-12H2,1-2H3;1H. The molecule has 0 aliphatic carbocycles. The number of carbonyl (C=O) groups is 2. The molecule has 1 atom stereocenters. The summed E-state index contributed by atoms with van der Waals surface area (Å²) in [6.07, 6.45) is 2.38. The molecule has 1 fully saturated rings. The van der Waals surface area contributed by atoms with Crippen LogP contribution in [0.2, 0.25) is 0 Å². The Labute approximate surface area is 154 Å². The molecule has 0 saturated carbocycles. The van der Waals surface area contributed by atoms with Crippen LogP contribution in [-0.4, -0.2) is 50.4 Å². The molecule has 1 unspecified atom stereocenters. The molecular weight excluding hydrogens is 347 g/mol. The van der Waals surface area contributed by atoms with Crippen LogP contribution in [-0.2, 0) is 4.79 Å². The Kier molecular flexibility index (Phi) is 8.86. The van der Waals surface area contributed by atoms with Gasteiger partial charge in [-0.05, 0) is 50.6 Å². The van der Waals surface area contributed by atoms with Crippen molar-refractivity contribution >= 4 is 24.1 Å². The number of carbonyl (C=O) groups excluding carboxylic acids is 2. The molecule has 0 bridgehead atoms. The number of hydrogen-bond acceptors (Lipinski definition) is 4. The average Bonchev–Trinajstić information content (AvgIpc) is 2.59. The van der Waals surface area contributed by atoms with Crippen LogP contribution in [0.1, 0.15) is 36.0 Å².